The number of anilines is 1. The molecule has 4 N–H and O–H groups in total. The number of hydrogen-bond acceptors (Lipinski definition) is 4. The van der Waals surface area contributed by atoms with Gasteiger partial charge in [-0.15, -0.1) is 0 Å². The van der Waals surface area contributed by atoms with E-state index >= 15 is 0 Å². The number of nitrogens with zero attached hydrogens (tertiary/aromatic N) is 3. The van der Waals surface area contributed by atoms with Gasteiger partial charge >= 0.3 is 0 Å². The number of pyridine rings is 1. The third-order valence-electron chi connectivity index (χ3n) is 3.27. The Morgan fingerprint density at radius 3 is 2.84 bits per heavy atom. The minimum absolute atomic E-state index is 0.424. The minimum Gasteiger partial charge on any atom is -0.382 e. The molecule has 0 atom stereocenters. The molecule has 3 aromatic rings. The first kappa shape index (κ1) is 11.8. The molecule has 1 aromatic carbocycles. The van der Waals surface area contributed by atoms with E-state index in [4.69, 9.17) is 11.6 Å². The topological polar surface area (TPSA) is 82.8 Å². The molecule has 0 aliphatic rings. The van der Waals surface area contributed by atoms with E-state index in [1.807, 2.05) is 12.1 Å². The molecule has 19 heavy (non-hydrogen) atoms. The molecule has 0 fully saturated rings. The summed E-state index contributed by atoms with van der Waals surface area (Å²) in [6.45, 7) is 4.39. The van der Waals surface area contributed by atoms with Crippen molar-refractivity contribution in [2.75, 3.05) is 11.6 Å². The minimum atomic E-state index is 0.424. The van der Waals surface area contributed by atoms with Crippen LogP contribution in [0.4, 0.5) is 5.82 Å². The van der Waals surface area contributed by atoms with Gasteiger partial charge in [-0.3, -0.25) is 0 Å². The Morgan fingerprint density at radius 2 is 2.11 bits per heavy atom. The standard InChI is InChI=1S/C14H17N5/c1-8(2)6-9-4-3-5-10-11(9)13-12(14(15)18-10)17-7-19(13)16/h3-5,7-8H,6,16H2,1-2H3,(H2,15,18). The lowest BCUT2D eigenvalue weighted by atomic mass is 9.98. The van der Waals surface area contributed by atoms with Gasteiger partial charge in [0, 0.05) is 5.39 Å². The predicted octanol–water partition coefficient (Wildman–Crippen LogP) is 2.08. The largest absolute Gasteiger partial charge is 0.382 e. The van der Waals surface area contributed by atoms with Crippen molar-refractivity contribution in [1.29, 1.82) is 0 Å². The van der Waals surface area contributed by atoms with Gasteiger partial charge in [0.15, 0.2) is 5.82 Å². The van der Waals surface area contributed by atoms with Crippen molar-refractivity contribution in [2.24, 2.45) is 5.92 Å². The van der Waals surface area contributed by atoms with Gasteiger partial charge in [0.2, 0.25) is 0 Å². The summed E-state index contributed by atoms with van der Waals surface area (Å²) in [5.74, 6) is 6.97. The molecule has 0 saturated heterocycles. The highest BCUT2D eigenvalue weighted by Gasteiger charge is 2.14. The molecule has 0 spiro atoms. The summed E-state index contributed by atoms with van der Waals surface area (Å²) in [6, 6.07) is 6.09. The van der Waals surface area contributed by atoms with Crippen LogP contribution in [-0.4, -0.2) is 14.6 Å². The Kier molecular flexibility index (Phi) is 2.55. The highest BCUT2D eigenvalue weighted by atomic mass is 15.3. The fourth-order valence-corrected chi connectivity index (χ4v) is 2.54. The lowest BCUT2D eigenvalue weighted by Crippen LogP contribution is -2.07. The van der Waals surface area contributed by atoms with Crippen LogP contribution < -0.4 is 11.6 Å². The number of nitrogen functional groups attached to an aromatic ring is 2. The summed E-state index contributed by atoms with van der Waals surface area (Å²) in [7, 11) is 0. The van der Waals surface area contributed by atoms with Gasteiger partial charge in [0.25, 0.3) is 0 Å². The molecule has 5 heteroatoms. The van der Waals surface area contributed by atoms with E-state index in [-0.39, 0.29) is 0 Å². The lowest BCUT2D eigenvalue weighted by Gasteiger charge is -2.11. The van der Waals surface area contributed by atoms with Crippen molar-refractivity contribution in [2.45, 2.75) is 20.3 Å². The molecule has 5 nitrogen and oxygen atoms in total. The van der Waals surface area contributed by atoms with Crippen LogP contribution in [0.1, 0.15) is 19.4 Å². The average molecular weight is 255 g/mol. The molecule has 2 aromatic heterocycles. The van der Waals surface area contributed by atoms with E-state index in [1.54, 1.807) is 6.33 Å². The summed E-state index contributed by atoms with van der Waals surface area (Å²) in [4.78, 5) is 8.67. The van der Waals surface area contributed by atoms with Crippen LogP contribution in [0.2, 0.25) is 0 Å². The number of hydrogen-bond donors (Lipinski definition) is 2. The second kappa shape index (κ2) is 4.12. The third kappa shape index (κ3) is 1.78. The fourth-order valence-electron chi connectivity index (χ4n) is 2.54. The molecule has 0 saturated carbocycles. The maximum atomic E-state index is 5.98. The highest BCUT2D eigenvalue weighted by Crippen LogP contribution is 2.29. The first-order valence-electron chi connectivity index (χ1n) is 6.37. The number of aromatic nitrogens is 3. The molecule has 98 valence electrons. The van der Waals surface area contributed by atoms with Gasteiger partial charge in [-0.05, 0) is 24.0 Å². The molecule has 0 unspecified atom stereocenters. The van der Waals surface area contributed by atoms with Crippen LogP contribution >= 0.6 is 0 Å². The van der Waals surface area contributed by atoms with Crippen molar-refractivity contribution in [3.63, 3.8) is 0 Å². The van der Waals surface area contributed by atoms with Crippen LogP contribution in [0.25, 0.3) is 21.9 Å². The zero-order valence-electron chi connectivity index (χ0n) is 11.1. The molecule has 0 aliphatic heterocycles. The molecule has 3 rings (SSSR count). The first-order valence-corrected chi connectivity index (χ1v) is 6.37. The molecule has 0 bridgehead atoms. The predicted molar refractivity (Wildman–Crippen MR) is 78.1 cm³/mol. The molecule has 0 amide bonds. The number of rotatable bonds is 2. The Morgan fingerprint density at radius 1 is 1.32 bits per heavy atom. The highest BCUT2D eigenvalue weighted by molar-refractivity contribution is 6.08. The normalized spacial score (nSPS) is 11.7. The molecule has 0 radical (unpaired) electrons. The van der Waals surface area contributed by atoms with E-state index in [9.17, 15) is 0 Å². The number of imidazole rings is 1. The second-order valence-corrected chi connectivity index (χ2v) is 5.26. The van der Waals surface area contributed by atoms with Crippen LogP contribution in [0.5, 0.6) is 0 Å². The Hall–Kier alpha value is -2.30. The van der Waals surface area contributed by atoms with Crippen molar-refractivity contribution in [3.8, 4) is 0 Å². The van der Waals surface area contributed by atoms with E-state index in [0.29, 0.717) is 17.3 Å². The number of fused-ring (bicyclic) bond motifs is 3. The average Bonchev–Trinajstić information content (AvgIpc) is 2.72. The summed E-state index contributed by atoms with van der Waals surface area (Å²) in [5.41, 5.74) is 9.58. The van der Waals surface area contributed by atoms with Gasteiger partial charge in [-0.1, -0.05) is 26.0 Å². The Balaban J connectivity index is 2.46. The maximum absolute atomic E-state index is 5.98. The van der Waals surface area contributed by atoms with Gasteiger partial charge in [0.05, 0.1) is 5.52 Å². The molecular formula is C14H17N5. The lowest BCUT2D eigenvalue weighted by molar-refractivity contribution is 0.650. The SMILES string of the molecule is CC(C)Cc1cccc2nc(N)c3ncn(N)c3c12. The van der Waals surface area contributed by atoms with Gasteiger partial charge in [-0.2, -0.15) is 0 Å². The van der Waals surface area contributed by atoms with Gasteiger partial charge < -0.3 is 11.6 Å². The quantitative estimate of drug-likeness (QED) is 0.687. The van der Waals surface area contributed by atoms with E-state index in [1.165, 1.54) is 10.2 Å². The smallest absolute Gasteiger partial charge is 0.152 e. The Labute approximate surface area is 111 Å². The maximum Gasteiger partial charge on any atom is 0.152 e. The van der Waals surface area contributed by atoms with Gasteiger partial charge in [-0.25, -0.2) is 14.6 Å². The Bertz CT molecular complexity index is 757. The monoisotopic (exact) mass is 255 g/mol. The zero-order chi connectivity index (χ0) is 13.6. The molecule has 2 heterocycles. The number of nitrogens with two attached hydrogens (primary N) is 2. The van der Waals surface area contributed by atoms with E-state index in [2.05, 4.69) is 29.9 Å². The van der Waals surface area contributed by atoms with Gasteiger partial charge in [0.1, 0.15) is 17.4 Å². The number of benzene rings is 1. The van der Waals surface area contributed by atoms with Crippen LogP contribution in [0, 0.1) is 5.92 Å². The van der Waals surface area contributed by atoms with Crippen LogP contribution in [0.15, 0.2) is 24.5 Å². The summed E-state index contributed by atoms with van der Waals surface area (Å²) in [6.07, 6.45) is 2.55. The second-order valence-electron chi connectivity index (χ2n) is 5.26. The van der Waals surface area contributed by atoms with Crippen LogP contribution in [0.3, 0.4) is 0 Å². The van der Waals surface area contributed by atoms with Crippen molar-refractivity contribution >= 4 is 27.8 Å². The summed E-state index contributed by atoms with van der Waals surface area (Å²) >= 11 is 0. The van der Waals surface area contributed by atoms with Crippen LogP contribution in [-0.2, 0) is 6.42 Å². The zero-order valence-corrected chi connectivity index (χ0v) is 11.1. The van der Waals surface area contributed by atoms with Crippen molar-refractivity contribution in [3.05, 3.63) is 30.1 Å². The molecule has 0 aliphatic carbocycles. The summed E-state index contributed by atoms with van der Waals surface area (Å²) in [5, 5.41) is 1.06. The van der Waals surface area contributed by atoms with E-state index < -0.39 is 0 Å². The van der Waals surface area contributed by atoms with Crippen molar-refractivity contribution in [1.82, 2.24) is 14.6 Å². The van der Waals surface area contributed by atoms with E-state index in [0.717, 1.165) is 22.8 Å². The molecular weight excluding hydrogens is 238 g/mol. The first-order chi connectivity index (χ1) is 9.08. The third-order valence-corrected chi connectivity index (χ3v) is 3.27. The van der Waals surface area contributed by atoms with Crippen molar-refractivity contribution < 1.29 is 0 Å². The summed E-state index contributed by atoms with van der Waals surface area (Å²) < 4.78 is 1.53. The fraction of sp³-hybridized carbons (Fsp3) is 0.286.